The molecule has 0 heterocycles. The van der Waals surface area contributed by atoms with E-state index >= 15 is 0 Å². The van der Waals surface area contributed by atoms with Crippen LogP contribution in [0.1, 0.15) is 0 Å². The van der Waals surface area contributed by atoms with Crippen molar-refractivity contribution in [3.8, 4) is 0 Å². The van der Waals surface area contributed by atoms with E-state index in [0.29, 0.717) is 0 Å². The Bertz CT molecular complexity index is 185. The zero-order chi connectivity index (χ0) is 9.07. The molecule has 3 nitrogen and oxygen atoms in total. The summed E-state index contributed by atoms with van der Waals surface area (Å²) in [6.45, 7) is 0. The molecule has 0 radical (unpaired) electrons. The van der Waals surface area contributed by atoms with Crippen molar-refractivity contribution in [2.75, 3.05) is 7.11 Å². The lowest BCUT2D eigenvalue weighted by molar-refractivity contribution is -0.136. The number of halogens is 3. The summed E-state index contributed by atoms with van der Waals surface area (Å²) in [6.07, 6.45) is -4.49. The van der Waals surface area contributed by atoms with Crippen molar-refractivity contribution in [2.24, 2.45) is 5.73 Å². The predicted octanol–water partition coefficient (Wildman–Crippen LogP) is 0.564. The Labute approximate surface area is 60.6 Å². The van der Waals surface area contributed by atoms with Gasteiger partial charge in [0.1, 0.15) is 5.70 Å². The number of hydrogen-bond donors (Lipinski definition) is 1. The van der Waals surface area contributed by atoms with Crippen LogP contribution < -0.4 is 5.73 Å². The smallest absolute Gasteiger partial charge is 0.430 e. The van der Waals surface area contributed by atoms with Crippen LogP contribution in [-0.4, -0.2) is 19.3 Å². The number of nitrogens with two attached hydrogens (primary N) is 1. The number of hydrogen-bond acceptors (Lipinski definition) is 3. The van der Waals surface area contributed by atoms with Gasteiger partial charge in [0.15, 0.2) is 0 Å². The molecule has 0 aliphatic heterocycles. The molecule has 0 aromatic carbocycles. The quantitative estimate of drug-likeness (QED) is 0.461. The van der Waals surface area contributed by atoms with E-state index in [1.807, 2.05) is 0 Å². The summed E-state index contributed by atoms with van der Waals surface area (Å²) in [4.78, 5) is 10.2. The molecule has 6 heteroatoms. The van der Waals surface area contributed by atoms with Gasteiger partial charge in [0.2, 0.25) is 0 Å². The standard InChI is InChI=1S/C5H6F3NO2/c1-11-4(10)2-3(9)5(6,7)8/h2H,9H2,1H3. The van der Waals surface area contributed by atoms with Crippen molar-refractivity contribution in [1.29, 1.82) is 0 Å². The maximum absolute atomic E-state index is 11.5. The molecule has 0 atom stereocenters. The van der Waals surface area contributed by atoms with E-state index in [4.69, 9.17) is 0 Å². The second-order valence-corrected chi connectivity index (χ2v) is 1.62. The molecule has 0 aliphatic rings. The molecule has 0 aliphatic carbocycles. The number of esters is 1. The lowest BCUT2D eigenvalue weighted by Gasteiger charge is -2.04. The van der Waals surface area contributed by atoms with Gasteiger partial charge in [0, 0.05) is 0 Å². The van der Waals surface area contributed by atoms with E-state index in [9.17, 15) is 18.0 Å². The van der Waals surface area contributed by atoms with E-state index in [1.54, 1.807) is 0 Å². The summed E-state index contributed by atoms with van der Waals surface area (Å²) in [5, 5.41) is 0. The number of methoxy groups -OCH3 is 1. The predicted molar refractivity (Wildman–Crippen MR) is 30.3 cm³/mol. The number of rotatable bonds is 1. The van der Waals surface area contributed by atoms with Gasteiger partial charge in [-0.05, 0) is 0 Å². The molecular formula is C5H6F3NO2. The minimum atomic E-state index is -4.67. The van der Waals surface area contributed by atoms with E-state index in [-0.39, 0.29) is 6.08 Å². The highest BCUT2D eigenvalue weighted by molar-refractivity contribution is 5.82. The Morgan fingerprint density at radius 2 is 2.00 bits per heavy atom. The first-order valence-corrected chi connectivity index (χ1v) is 2.50. The molecule has 64 valence electrons. The van der Waals surface area contributed by atoms with Gasteiger partial charge in [-0.1, -0.05) is 0 Å². The fourth-order valence-corrected chi connectivity index (χ4v) is 0.268. The van der Waals surface area contributed by atoms with Crippen molar-refractivity contribution in [3.63, 3.8) is 0 Å². The van der Waals surface area contributed by atoms with Crippen molar-refractivity contribution in [3.05, 3.63) is 11.8 Å². The zero-order valence-electron chi connectivity index (χ0n) is 5.61. The Kier molecular flexibility index (Phi) is 2.91. The molecule has 0 unspecified atom stereocenters. The summed E-state index contributed by atoms with van der Waals surface area (Å²) >= 11 is 0. The summed E-state index contributed by atoms with van der Waals surface area (Å²) in [7, 11) is 0.961. The van der Waals surface area contributed by atoms with Crippen molar-refractivity contribution in [1.82, 2.24) is 0 Å². The third-order valence-corrected chi connectivity index (χ3v) is 0.802. The van der Waals surface area contributed by atoms with Gasteiger partial charge in [0.25, 0.3) is 0 Å². The number of carbonyl (C=O) groups is 1. The average Bonchev–Trinajstić information content (AvgIpc) is 1.85. The SMILES string of the molecule is COC(=O)C=C(N)C(F)(F)F. The van der Waals surface area contributed by atoms with Gasteiger partial charge < -0.3 is 10.5 Å². The van der Waals surface area contributed by atoms with Crippen LogP contribution in [0.5, 0.6) is 0 Å². The van der Waals surface area contributed by atoms with Crippen LogP contribution in [0.15, 0.2) is 11.8 Å². The van der Waals surface area contributed by atoms with Crippen molar-refractivity contribution in [2.45, 2.75) is 6.18 Å². The fourth-order valence-electron chi connectivity index (χ4n) is 0.268. The Morgan fingerprint density at radius 1 is 1.55 bits per heavy atom. The van der Waals surface area contributed by atoms with E-state index in [0.717, 1.165) is 7.11 Å². The molecular weight excluding hydrogens is 163 g/mol. The lowest BCUT2D eigenvalue weighted by atomic mass is 10.4. The summed E-state index contributed by atoms with van der Waals surface area (Å²) in [6, 6.07) is 0. The second kappa shape index (κ2) is 3.27. The Morgan fingerprint density at radius 3 is 2.27 bits per heavy atom. The maximum atomic E-state index is 11.5. The first-order chi connectivity index (χ1) is 4.88. The average molecular weight is 169 g/mol. The maximum Gasteiger partial charge on any atom is 0.430 e. The van der Waals surface area contributed by atoms with Crippen LogP contribution in [0.4, 0.5) is 13.2 Å². The fraction of sp³-hybridized carbons (Fsp3) is 0.400. The van der Waals surface area contributed by atoms with Gasteiger partial charge >= 0.3 is 12.1 Å². The normalized spacial score (nSPS) is 12.9. The third kappa shape index (κ3) is 3.49. The first kappa shape index (κ1) is 9.80. The molecule has 0 aromatic heterocycles. The molecule has 2 N–H and O–H groups in total. The molecule has 11 heavy (non-hydrogen) atoms. The second-order valence-electron chi connectivity index (χ2n) is 1.62. The zero-order valence-corrected chi connectivity index (χ0v) is 5.61. The van der Waals surface area contributed by atoms with Crippen LogP contribution in [0.2, 0.25) is 0 Å². The summed E-state index contributed by atoms with van der Waals surface area (Å²) < 4.78 is 38.6. The topological polar surface area (TPSA) is 52.3 Å². The van der Waals surface area contributed by atoms with Crippen LogP contribution in [0.25, 0.3) is 0 Å². The van der Waals surface area contributed by atoms with Crippen LogP contribution in [-0.2, 0) is 9.53 Å². The molecule has 0 saturated carbocycles. The van der Waals surface area contributed by atoms with E-state index in [1.165, 1.54) is 0 Å². The van der Waals surface area contributed by atoms with Crippen LogP contribution in [0, 0.1) is 0 Å². The highest BCUT2D eigenvalue weighted by Gasteiger charge is 2.32. The number of alkyl halides is 3. The molecule has 0 amide bonds. The Balaban J connectivity index is 4.35. The molecule has 0 rings (SSSR count). The highest BCUT2D eigenvalue weighted by Crippen LogP contribution is 2.20. The number of allylic oxidation sites excluding steroid dienone is 1. The lowest BCUT2D eigenvalue weighted by Crippen LogP contribution is -2.20. The van der Waals surface area contributed by atoms with Crippen LogP contribution >= 0.6 is 0 Å². The van der Waals surface area contributed by atoms with Gasteiger partial charge in [0.05, 0.1) is 13.2 Å². The van der Waals surface area contributed by atoms with Gasteiger partial charge in [-0.3, -0.25) is 0 Å². The van der Waals surface area contributed by atoms with Gasteiger partial charge in [-0.25, -0.2) is 4.79 Å². The minimum absolute atomic E-state index is 0.181. The van der Waals surface area contributed by atoms with E-state index < -0.39 is 17.8 Å². The summed E-state index contributed by atoms with van der Waals surface area (Å²) in [5.74, 6) is -1.13. The van der Waals surface area contributed by atoms with Crippen molar-refractivity contribution >= 4 is 5.97 Å². The number of ether oxygens (including phenoxy) is 1. The van der Waals surface area contributed by atoms with Gasteiger partial charge in [-0.15, -0.1) is 0 Å². The van der Waals surface area contributed by atoms with Crippen molar-refractivity contribution < 1.29 is 22.7 Å². The van der Waals surface area contributed by atoms with Gasteiger partial charge in [-0.2, -0.15) is 13.2 Å². The highest BCUT2D eigenvalue weighted by atomic mass is 19.4. The van der Waals surface area contributed by atoms with E-state index in [2.05, 4.69) is 10.5 Å². The largest absolute Gasteiger partial charge is 0.466 e. The molecule has 0 fully saturated rings. The Hall–Kier alpha value is -1.20. The molecule has 0 spiro atoms. The monoisotopic (exact) mass is 169 g/mol. The molecule has 0 bridgehead atoms. The molecule has 0 saturated heterocycles. The summed E-state index contributed by atoms with van der Waals surface area (Å²) in [5.41, 5.74) is 2.99. The molecule has 0 aromatic rings. The minimum Gasteiger partial charge on any atom is -0.466 e. The van der Waals surface area contributed by atoms with Crippen LogP contribution in [0.3, 0.4) is 0 Å². The third-order valence-electron chi connectivity index (χ3n) is 0.802. The number of carbonyl (C=O) groups excluding carboxylic acids is 1. The first-order valence-electron chi connectivity index (χ1n) is 2.50.